The lowest BCUT2D eigenvalue weighted by molar-refractivity contribution is -0.137. The number of thiazole rings is 1. The molecule has 0 unspecified atom stereocenters. The number of aryl methyl sites for hydroxylation is 1. The smallest absolute Gasteiger partial charge is 0.351 e. The van der Waals surface area contributed by atoms with Gasteiger partial charge in [0, 0.05) is 54.8 Å². The number of likely N-dealkylation sites (tertiary alicyclic amines) is 1. The van der Waals surface area contributed by atoms with E-state index in [1.54, 1.807) is 17.0 Å². The SMILES string of the molecule is Cn1ccc2c(C(=O)NC[C@@H]3CCCCN3C(=O)c3nc(C4CC4)sc3-c3cccc(C(F)(F)F)c3)cccc21. The van der Waals surface area contributed by atoms with Crippen molar-refractivity contribution in [2.24, 2.45) is 7.05 Å². The summed E-state index contributed by atoms with van der Waals surface area (Å²) in [6.45, 7) is 0.790. The van der Waals surface area contributed by atoms with Crippen molar-refractivity contribution < 1.29 is 22.8 Å². The van der Waals surface area contributed by atoms with Crippen LogP contribution in [0.5, 0.6) is 0 Å². The number of nitrogens with zero attached hydrogens (tertiary/aromatic N) is 3. The number of nitrogens with one attached hydrogen (secondary N) is 1. The van der Waals surface area contributed by atoms with Crippen molar-refractivity contribution in [1.82, 2.24) is 19.8 Å². The number of rotatable bonds is 6. The fraction of sp³-hybridized carbons (Fsp3) is 0.367. The summed E-state index contributed by atoms with van der Waals surface area (Å²) in [6, 6.07) is 12.4. The molecule has 2 aromatic heterocycles. The van der Waals surface area contributed by atoms with Crippen LogP contribution in [0, 0.1) is 0 Å². The lowest BCUT2D eigenvalue weighted by Gasteiger charge is -2.35. The molecule has 2 fully saturated rings. The molecule has 1 atom stereocenters. The monoisotopic (exact) mass is 566 g/mol. The minimum atomic E-state index is -4.48. The molecule has 1 saturated carbocycles. The quantitative estimate of drug-likeness (QED) is 0.285. The zero-order chi connectivity index (χ0) is 28.0. The van der Waals surface area contributed by atoms with Crippen LogP contribution in [0.3, 0.4) is 0 Å². The van der Waals surface area contributed by atoms with Gasteiger partial charge in [-0.3, -0.25) is 9.59 Å². The van der Waals surface area contributed by atoms with Gasteiger partial charge in [0.1, 0.15) is 5.69 Å². The molecule has 2 aliphatic rings. The number of hydrogen-bond donors (Lipinski definition) is 1. The second-order valence-electron chi connectivity index (χ2n) is 10.6. The molecule has 0 radical (unpaired) electrons. The van der Waals surface area contributed by atoms with E-state index in [0.717, 1.165) is 60.1 Å². The molecular weight excluding hydrogens is 537 g/mol. The number of halogens is 3. The van der Waals surface area contributed by atoms with Gasteiger partial charge in [-0.1, -0.05) is 18.2 Å². The van der Waals surface area contributed by atoms with E-state index in [0.29, 0.717) is 22.5 Å². The third-order valence-electron chi connectivity index (χ3n) is 7.78. The molecule has 10 heteroatoms. The van der Waals surface area contributed by atoms with Crippen LogP contribution in [0.2, 0.25) is 0 Å². The Labute approximate surface area is 233 Å². The molecular formula is C30H29F3N4O2S. The maximum Gasteiger partial charge on any atom is 0.416 e. The average molecular weight is 567 g/mol. The molecule has 3 heterocycles. The molecule has 0 spiro atoms. The Kier molecular flexibility index (Phi) is 6.90. The van der Waals surface area contributed by atoms with E-state index >= 15 is 0 Å². The summed E-state index contributed by atoms with van der Waals surface area (Å²) in [5.74, 6) is -0.239. The highest BCUT2D eigenvalue weighted by atomic mass is 32.1. The van der Waals surface area contributed by atoms with Crippen molar-refractivity contribution in [2.45, 2.75) is 50.2 Å². The Hall–Kier alpha value is -3.66. The third kappa shape index (κ3) is 5.12. The van der Waals surface area contributed by atoms with Crippen LogP contribution in [0.25, 0.3) is 21.3 Å². The predicted molar refractivity (Wildman–Crippen MR) is 148 cm³/mol. The lowest BCUT2D eigenvalue weighted by Crippen LogP contribution is -2.49. The largest absolute Gasteiger partial charge is 0.416 e. The van der Waals surface area contributed by atoms with Crippen LogP contribution in [-0.4, -0.2) is 45.4 Å². The normalized spacial score (nSPS) is 17.8. The van der Waals surface area contributed by atoms with E-state index in [2.05, 4.69) is 10.3 Å². The van der Waals surface area contributed by atoms with E-state index < -0.39 is 11.7 Å². The third-order valence-corrected chi connectivity index (χ3v) is 9.05. The van der Waals surface area contributed by atoms with Gasteiger partial charge < -0.3 is 14.8 Å². The highest BCUT2D eigenvalue weighted by Crippen LogP contribution is 2.45. The summed E-state index contributed by atoms with van der Waals surface area (Å²) in [7, 11) is 1.93. The number of carbonyl (C=O) groups is 2. The topological polar surface area (TPSA) is 67.2 Å². The van der Waals surface area contributed by atoms with Crippen LogP contribution in [0.15, 0.2) is 54.7 Å². The number of alkyl halides is 3. The van der Waals surface area contributed by atoms with E-state index in [1.165, 1.54) is 17.4 Å². The number of carbonyl (C=O) groups excluding carboxylic acids is 2. The van der Waals surface area contributed by atoms with E-state index in [1.807, 2.05) is 36.0 Å². The van der Waals surface area contributed by atoms with Crippen molar-refractivity contribution in [2.75, 3.05) is 13.1 Å². The Morgan fingerprint density at radius 1 is 1.07 bits per heavy atom. The van der Waals surface area contributed by atoms with Crippen LogP contribution in [0.4, 0.5) is 13.2 Å². The summed E-state index contributed by atoms with van der Waals surface area (Å²) in [5, 5.41) is 4.69. The van der Waals surface area contributed by atoms with Gasteiger partial charge in [0.15, 0.2) is 0 Å². The number of aromatic nitrogens is 2. The molecule has 208 valence electrons. The Morgan fingerprint density at radius 3 is 2.65 bits per heavy atom. The first kappa shape index (κ1) is 26.6. The lowest BCUT2D eigenvalue weighted by atomic mass is 10.0. The van der Waals surface area contributed by atoms with Gasteiger partial charge in [-0.25, -0.2) is 4.98 Å². The first-order valence-corrected chi connectivity index (χ1v) is 14.3. The number of hydrogen-bond acceptors (Lipinski definition) is 4. The van der Waals surface area contributed by atoms with Gasteiger partial charge in [-0.05, 0) is 68.0 Å². The summed E-state index contributed by atoms with van der Waals surface area (Å²) in [6.07, 6.45) is 1.83. The molecule has 1 saturated heterocycles. The molecule has 2 amide bonds. The van der Waals surface area contributed by atoms with Gasteiger partial charge in [-0.15, -0.1) is 11.3 Å². The van der Waals surface area contributed by atoms with Crippen LogP contribution < -0.4 is 5.32 Å². The zero-order valence-corrected chi connectivity index (χ0v) is 22.8. The van der Waals surface area contributed by atoms with Gasteiger partial charge in [-0.2, -0.15) is 13.2 Å². The maximum atomic E-state index is 14.0. The summed E-state index contributed by atoms with van der Waals surface area (Å²) >= 11 is 1.32. The minimum Gasteiger partial charge on any atom is -0.351 e. The molecule has 1 N–H and O–H groups in total. The van der Waals surface area contributed by atoms with E-state index in [9.17, 15) is 22.8 Å². The van der Waals surface area contributed by atoms with Gasteiger partial charge in [0.25, 0.3) is 11.8 Å². The van der Waals surface area contributed by atoms with Crippen LogP contribution in [-0.2, 0) is 13.2 Å². The van der Waals surface area contributed by atoms with Crippen LogP contribution in [0.1, 0.15) is 69.4 Å². The maximum absolute atomic E-state index is 14.0. The Balaban J connectivity index is 1.26. The first-order valence-electron chi connectivity index (χ1n) is 13.5. The molecule has 0 bridgehead atoms. The molecule has 4 aromatic rings. The fourth-order valence-electron chi connectivity index (χ4n) is 5.44. The van der Waals surface area contributed by atoms with Crippen molar-refractivity contribution in [3.63, 3.8) is 0 Å². The summed E-state index contributed by atoms with van der Waals surface area (Å²) < 4.78 is 42.4. The molecule has 1 aliphatic carbocycles. The Bertz CT molecular complexity index is 1590. The van der Waals surface area contributed by atoms with Crippen molar-refractivity contribution in [1.29, 1.82) is 0 Å². The van der Waals surface area contributed by atoms with Gasteiger partial charge in [0.2, 0.25) is 0 Å². The molecule has 2 aromatic carbocycles. The van der Waals surface area contributed by atoms with Crippen molar-refractivity contribution in [3.8, 4) is 10.4 Å². The average Bonchev–Trinajstić information content (AvgIpc) is 3.60. The zero-order valence-electron chi connectivity index (χ0n) is 22.0. The minimum absolute atomic E-state index is 0.205. The molecule has 40 heavy (non-hydrogen) atoms. The second-order valence-corrected chi connectivity index (χ2v) is 11.6. The number of piperidine rings is 1. The van der Waals surface area contributed by atoms with Crippen molar-refractivity contribution >= 4 is 34.1 Å². The van der Waals surface area contributed by atoms with Gasteiger partial charge >= 0.3 is 6.18 Å². The summed E-state index contributed by atoms with van der Waals surface area (Å²) in [5.41, 5.74) is 1.34. The summed E-state index contributed by atoms with van der Waals surface area (Å²) in [4.78, 5) is 34.0. The standard InChI is InChI=1S/C30H29F3N4O2S/c1-36-15-13-22-23(9-5-10-24(22)36)27(38)34-17-21-8-2-3-14-37(21)29(39)25-26(40-28(35-25)18-11-12-18)19-6-4-7-20(16-19)30(31,32)33/h4-7,9-10,13,15-16,18,21H,2-3,8,11-12,14,17H2,1H3,(H,34,38)/t21-/m0/s1. The Morgan fingerprint density at radius 2 is 1.88 bits per heavy atom. The highest BCUT2D eigenvalue weighted by molar-refractivity contribution is 7.15. The van der Waals surface area contributed by atoms with E-state index in [4.69, 9.17) is 0 Å². The second kappa shape index (κ2) is 10.4. The number of fused-ring (bicyclic) bond motifs is 1. The first-order chi connectivity index (χ1) is 19.2. The molecule has 1 aliphatic heterocycles. The van der Waals surface area contributed by atoms with Crippen LogP contribution >= 0.6 is 11.3 Å². The van der Waals surface area contributed by atoms with E-state index in [-0.39, 0.29) is 36.0 Å². The molecule has 6 rings (SSSR count). The predicted octanol–water partition coefficient (Wildman–Crippen LogP) is 6.62. The fourth-order valence-corrected chi connectivity index (χ4v) is 6.66. The molecule has 6 nitrogen and oxygen atoms in total. The number of amides is 2. The highest BCUT2D eigenvalue weighted by Gasteiger charge is 2.36. The van der Waals surface area contributed by atoms with Gasteiger partial charge in [0.05, 0.1) is 15.4 Å². The number of benzene rings is 2. The van der Waals surface area contributed by atoms with Crippen molar-refractivity contribution in [3.05, 3.63) is 76.6 Å².